The van der Waals surface area contributed by atoms with Crippen molar-refractivity contribution >= 4 is 22.8 Å². The van der Waals surface area contributed by atoms with Gasteiger partial charge in [-0.05, 0) is 69.4 Å². The number of fused-ring (bicyclic) bond motifs is 1. The number of carbonyl (C=O) groups excluding carboxylic acids is 1. The lowest BCUT2D eigenvalue weighted by Gasteiger charge is -2.32. The first kappa shape index (κ1) is 22.0. The van der Waals surface area contributed by atoms with Crippen molar-refractivity contribution < 1.29 is 9.53 Å². The van der Waals surface area contributed by atoms with Crippen LogP contribution < -0.4 is 15.0 Å². The zero-order valence-corrected chi connectivity index (χ0v) is 18.9. The van der Waals surface area contributed by atoms with E-state index in [1.165, 1.54) is 5.56 Å². The molecule has 1 saturated heterocycles. The molecule has 2 aromatic heterocycles. The third-order valence-electron chi connectivity index (χ3n) is 5.90. The van der Waals surface area contributed by atoms with Crippen LogP contribution in [-0.4, -0.2) is 47.1 Å². The first-order valence-electron chi connectivity index (χ1n) is 11.5. The Labute approximate surface area is 189 Å². The lowest BCUT2D eigenvalue weighted by molar-refractivity contribution is -0.125. The number of aromatic nitrogens is 3. The Kier molecular flexibility index (Phi) is 7.14. The summed E-state index contributed by atoms with van der Waals surface area (Å²) in [4.78, 5) is 28.6. The van der Waals surface area contributed by atoms with Crippen LogP contribution in [0.15, 0.2) is 42.7 Å². The highest BCUT2D eigenvalue weighted by Crippen LogP contribution is 2.26. The molecule has 3 aromatic rings. The monoisotopic (exact) mass is 433 g/mol. The SMILES string of the molecule is CCOc1ccc2nc(N3CCC[C@@H](C(=O)NCCCc4cccnc4)C3)nc(C)c2c1. The molecule has 0 radical (unpaired) electrons. The van der Waals surface area contributed by atoms with Crippen molar-refractivity contribution in [2.75, 3.05) is 31.1 Å². The molecule has 0 spiro atoms. The fourth-order valence-electron chi connectivity index (χ4n) is 4.21. The number of nitrogens with zero attached hydrogens (tertiary/aromatic N) is 4. The summed E-state index contributed by atoms with van der Waals surface area (Å²) in [6, 6.07) is 9.93. The van der Waals surface area contributed by atoms with E-state index >= 15 is 0 Å². The average molecular weight is 434 g/mol. The normalized spacial score (nSPS) is 16.2. The molecule has 168 valence electrons. The van der Waals surface area contributed by atoms with E-state index in [9.17, 15) is 4.79 Å². The van der Waals surface area contributed by atoms with Gasteiger partial charge >= 0.3 is 0 Å². The maximum Gasteiger partial charge on any atom is 0.226 e. The van der Waals surface area contributed by atoms with Gasteiger partial charge in [0.2, 0.25) is 11.9 Å². The summed E-state index contributed by atoms with van der Waals surface area (Å²) in [7, 11) is 0. The Morgan fingerprint density at radius 2 is 2.19 bits per heavy atom. The predicted molar refractivity (Wildman–Crippen MR) is 126 cm³/mol. The molecule has 0 unspecified atom stereocenters. The van der Waals surface area contributed by atoms with Crippen molar-refractivity contribution in [1.82, 2.24) is 20.3 Å². The first-order valence-corrected chi connectivity index (χ1v) is 11.5. The Balaban J connectivity index is 1.36. The van der Waals surface area contributed by atoms with E-state index in [0.29, 0.717) is 25.6 Å². The second-order valence-electron chi connectivity index (χ2n) is 8.26. The van der Waals surface area contributed by atoms with E-state index in [-0.39, 0.29) is 11.8 Å². The van der Waals surface area contributed by atoms with Gasteiger partial charge in [-0.3, -0.25) is 9.78 Å². The van der Waals surface area contributed by atoms with Gasteiger partial charge in [-0.1, -0.05) is 6.07 Å². The highest BCUT2D eigenvalue weighted by Gasteiger charge is 2.27. The number of nitrogens with one attached hydrogen (secondary N) is 1. The molecule has 0 aliphatic carbocycles. The molecule has 32 heavy (non-hydrogen) atoms. The number of benzene rings is 1. The number of hydrogen-bond donors (Lipinski definition) is 1. The van der Waals surface area contributed by atoms with Crippen LogP contribution in [0.4, 0.5) is 5.95 Å². The lowest BCUT2D eigenvalue weighted by Crippen LogP contribution is -2.44. The van der Waals surface area contributed by atoms with E-state index in [1.54, 1.807) is 6.20 Å². The van der Waals surface area contributed by atoms with Gasteiger partial charge in [0, 0.05) is 37.4 Å². The number of pyridine rings is 1. The summed E-state index contributed by atoms with van der Waals surface area (Å²) in [6.45, 7) is 6.80. The van der Waals surface area contributed by atoms with Crippen molar-refractivity contribution in [2.45, 2.75) is 39.5 Å². The zero-order chi connectivity index (χ0) is 22.3. The minimum absolute atomic E-state index is 0.0397. The van der Waals surface area contributed by atoms with Gasteiger partial charge < -0.3 is 15.0 Å². The second-order valence-corrected chi connectivity index (χ2v) is 8.26. The fraction of sp³-hybridized carbons (Fsp3) is 0.440. The average Bonchev–Trinajstić information content (AvgIpc) is 2.83. The van der Waals surface area contributed by atoms with Gasteiger partial charge in [0.25, 0.3) is 0 Å². The standard InChI is InChI=1S/C25H31N5O2/c1-3-32-21-10-11-23-22(15-21)18(2)28-25(29-23)30-14-6-9-20(17-30)24(31)27-13-5-8-19-7-4-12-26-16-19/h4,7,10-12,15-16,20H,3,5-6,8-9,13-14,17H2,1-2H3,(H,27,31)/t20-/m1/s1. The predicted octanol–water partition coefficient (Wildman–Crippen LogP) is 3.70. The third-order valence-corrected chi connectivity index (χ3v) is 5.90. The summed E-state index contributed by atoms with van der Waals surface area (Å²) in [6.07, 6.45) is 7.33. The second kappa shape index (κ2) is 10.4. The van der Waals surface area contributed by atoms with Gasteiger partial charge in [0.05, 0.1) is 23.7 Å². The summed E-state index contributed by atoms with van der Waals surface area (Å²) < 4.78 is 5.61. The zero-order valence-electron chi connectivity index (χ0n) is 18.9. The molecule has 1 amide bonds. The highest BCUT2D eigenvalue weighted by atomic mass is 16.5. The number of piperidine rings is 1. The summed E-state index contributed by atoms with van der Waals surface area (Å²) >= 11 is 0. The molecule has 1 aromatic carbocycles. The number of rotatable bonds is 8. The largest absolute Gasteiger partial charge is 0.494 e. The molecule has 1 fully saturated rings. The van der Waals surface area contributed by atoms with E-state index in [1.807, 2.05) is 44.3 Å². The molecule has 4 rings (SSSR count). The van der Waals surface area contributed by atoms with Crippen LogP contribution in [0, 0.1) is 12.8 Å². The fourth-order valence-corrected chi connectivity index (χ4v) is 4.21. The molecular formula is C25H31N5O2. The molecule has 1 N–H and O–H groups in total. The van der Waals surface area contributed by atoms with Crippen LogP contribution >= 0.6 is 0 Å². The van der Waals surface area contributed by atoms with Gasteiger partial charge in [-0.15, -0.1) is 0 Å². The van der Waals surface area contributed by atoms with Crippen LogP contribution in [0.3, 0.4) is 0 Å². The topological polar surface area (TPSA) is 80.2 Å². The van der Waals surface area contributed by atoms with E-state index < -0.39 is 0 Å². The molecule has 7 nitrogen and oxygen atoms in total. The van der Waals surface area contributed by atoms with Crippen LogP contribution in [-0.2, 0) is 11.2 Å². The van der Waals surface area contributed by atoms with Crippen LogP contribution in [0.2, 0.25) is 0 Å². The maximum absolute atomic E-state index is 12.8. The number of anilines is 1. The Bertz CT molecular complexity index is 1060. The van der Waals surface area contributed by atoms with Crippen molar-refractivity contribution in [2.24, 2.45) is 5.92 Å². The van der Waals surface area contributed by atoms with E-state index in [0.717, 1.165) is 54.6 Å². The molecule has 1 aliphatic rings. The van der Waals surface area contributed by atoms with Crippen molar-refractivity contribution in [3.05, 3.63) is 54.0 Å². The molecular weight excluding hydrogens is 402 g/mol. The van der Waals surface area contributed by atoms with Gasteiger partial charge in [0.1, 0.15) is 5.75 Å². The van der Waals surface area contributed by atoms with Crippen LogP contribution in [0.25, 0.3) is 10.9 Å². The summed E-state index contributed by atoms with van der Waals surface area (Å²) in [5.41, 5.74) is 3.02. The Morgan fingerprint density at radius 1 is 1.28 bits per heavy atom. The first-order chi connectivity index (χ1) is 15.6. The van der Waals surface area contributed by atoms with Gasteiger partial charge in [0.15, 0.2) is 0 Å². The van der Waals surface area contributed by atoms with E-state index in [2.05, 4.69) is 21.3 Å². The molecule has 0 saturated carbocycles. The molecule has 0 bridgehead atoms. The number of aryl methyl sites for hydroxylation is 2. The van der Waals surface area contributed by atoms with Gasteiger partial charge in [-0.2, -0.15) is 0 Å². The van der Waals surface area contributed by atoms with Gasteiger partial charge in [-0.25, -0.2) is 9.97 Å². The van der Waals surface area contributed by atoms with E-state index in [4.69, 9.17) is 14.7 Å². The smallest absolute Gasteiger partial charge is 0.226 e. The highest BCUT2D eigenvalue weighted by molar-refractivity contribution is 5.83. The molecule has 1 aliphatic heterocycles. The lowest BCUT2D eigenvalue weighted by atomic mass is 9.97. The summed E-state index contributed by atoms with van der Waals surface area (Å²) in [5.74, 6) is 1.62. The van der Waals surface area contributed by atoms with Crippen LogP contribution in [0.5, 0.6) is 5.75 Å². The maximum atomic E-state index is 12.8. The quantitative estimate of drug-likeness (QED) is 0.546. The van der Waals surface area contributed by atoms with Crippen molar-refractivity contribution in [1.29, 1.82) is 0 Å². The Hall–Kier alpha value is -3.22. The molecule has 3 heterocycles. The number of ether oxygens (including phenoxy) is 1. The van der Waals surface area contributed by atoms with Crippen molar-refractivity contribution in [3.63, 3.8) is 0 Å². The molecule has 7 heteroatoms. The Morgan fingerprint density at radius 3 is 3.00 bits per heavy atom. The third kappa shape index (κ3) is 5.33. The number of carbonyl (C=O) groups is 1. The number of amides is 1. The van der Waals surface area contributed by atoms with Crippen molar-refractivity contribution in [3.8, 4) is 5.75 Å². The summed E-state index contributed by atoms with van der Waals surface area (Å²) in [5, 5.41) is 4.11. The molecule has 1 atom stereocenters. The number of hydrogen-bond acceptors (Lipinski definition) is 6. The minimum atomic E-state index is -0.0397. The minimum Gasteiger partial charge on any atom is -0.494 e. The van der Waals surface area contributed by atoms with Crippen LogP contribution in [0.1, 0.15) is 37.4 Å².